The van der Waals surface area contributed by atoms with E-state index in [1.165, 1.54) is 31.5 Å². The molecule has 3 aromatic rings. The number of carbonyl (C=O) groups excluding carboxylic acids is 1. The third-order valence-corrected chi connectivity index (χ3v) is 5.54. The van der Waals surface area contributed by atoms with Crippen molar-refractivity contribution in [2.75, 3.05) is 10.0 Å². The smallest absolute Gasteiger partial charge is 0.267 e. The molecule has 0 unspecified atom stereocenters. The molecule has 0 aliphatic heterocycles. The van der Waals surface area contributed by atoms with Crippen molar-refractivity contribution in [3.05, 3.63) is 71.5 Å². The average Bonchev–Trinajstić information content (AvgIpc) is 2.62. The molecular weight excluding hydrogens is 424 g/mol. The number of rotatable bonds is 5. The van der Waals surface area contributed by atoms with Crippen molar-refractivity contribution < 1.29 is 22.0 Å². The van der Waals surface area contributed by atoms with Gasteiger partial charge in [0.25, 0.3) is 10.0 Å². The summed E-state index contributed by atoms with van der Waals surface area (Å²) < 4.78 is 54.9. The third-order valence-electron chi connectivity index (χ3n) is 3.79. The Balaban J connectivity index is 1.99. The van der Waals surface area contributed by atoms with E-state index < -0.39 is 26.6 Å². The maximum atomic E-state index is 13.9. The standard InChI is InChI=1S/C19H14ClF2N3O3S/c1-11(26)24-14-7-13(9-23-10-14)12-5-6-15(20)18(8-12)25-29(27,28)19-16(21)3-2-4-17(19)22/h2-10,25H,1H3,(H,24,26). The van der Waals surface area contributed by atoms with E-state index in [-0.39, 0.29) is 16.6 Å². The van der Waals surface area contributed by atoms with Gasteiger partial charge in [-0.15, -0.1) is 0 Å². The van der Waals surface area contributed by atoms with Crippen LogP contribution in [0.3, 0.4) is 0 Å². The van der Waals surface area contributed by atoms with Gasteiger partial charge in [-0.3, -0.25) is 14.5 Å². The Bertz CT molecular complexity index is 1180. The van der Waals surface area contributed by atoms with E-state index in [2.05, 4.69) is 15.0 Å². The number of aromatic nitrogens is 1. The summed E-state index contributed by atoms with van der Waals surface area (Å²) >= 11 is 6.07. The lowest BCUT2D eigenvalue weighted by Gasteiger charge is -2.13. The van der Waals surface area contributed by atoms with Gasteiger partial charge in [0.05, 0.1) is 22.6 Å². The minimum atomic E-state index is -4.58. The van der Waals surface area contributed by atoms with Gasteiger partial charge in [-0.25, -0.2) is 17.2 Å². The Morgan fingerprint density at radius 1 is 1.03 bits per heavy atom. The van der Waals surface area contributed by atoms with Gasteiger partial charge >= 0.3 is 0 Å². The number of hydrogen-bond acceptors (Lipinski definition) is 4. The van der Waals surface area contributed by atoms with Crippen molar-refractivity contribution in [2.45, 2.75) is 11.8 Å². The number of sulfonamides is 1. The minimum Gasteiger partial charge on any atom is -0.325 e. The monoisotopic (exact) mass is 437 g/mol. The second kappa shape index (κ2) is 8.14. The molecule has 1 amide bonds. The predicted octanol–water partition coefficient (Wildman–Crippen LogP) is 4.44. The van der Waals surface area contributed by atoms with Crippen LogP contribution >= 0.6 is 11.6 Å². The van der Waals surface area contributed by atoms with Crippen LogP contribution in [0, 0.1) is 11.6 Å². The molecule has 29 heavy (non-hydrogen) atoms. The summed E-state index contributed by atoms with van der Waals surface area (Å²) in [6.45, 7) is 1.35. The van der Waals surface area contributed by atoms with Crippen molar-refractivity contribution in [3.63, 3.8) is 0 Å². The summed E-state index contributed by atoms with van der Waals surface area (Å²) in [7, 11) is -4.58. The lowest BCUT2D eigenvalue weighted by molar-refractivity contribution is -0.114. The van der Waals surface area contributed by atoms with Gasteiger partial charge in [-0.05, 0) is 35.9 Å². The summed E-state index contributed by atoms with van der Waals surface area (Å²) in [5.74, 6) is -2.73. The zero-order chi connectivity index (χ0) is 21.2. The zero-order valence-electron chi connectivity index (χ0n) is 14.9. The number of halogens is 3. The number of benzene rings is 2. The van der Waals surface area contributed by atoms with Gasteiger partial charge in [0.2, 0.25) is 5.91 Å². The molecular formula is C19H14ClF2N3O3S. The molecule has 0 spiro atoms. The van der Waals surface area contributed by atoms with Crippen LogP contribution in [0.5, 0.6) is 0 Å². The fourth-order valence-corrected chi connectivity index (χ4v) is 4.02. The van der Waals surface area contributed by atoms with Crippen LogP contribution in [-0.2, 0) is 14.8 Å². The fraction of sp³-hybridized carbons (Fsp3) is 0.0526. The SMILES string of the molecule is CC(=O)Nc1cncc(-c2ccc(Cl)c(NS(=O)(=O)c3c(F)cccc3F)c2)c1. The number of nitrogens with zero attached hydrogens (tertiary/aromatic N) is 1. The summed E-state index contributed by atoms with van der Waals surface area (Å²) in [6, 6.07) is 8.81. The lowest BCUT2D eigenvalue weighted by atomic mass is 10.1. The van der Waals surface area contributed by atoms with E-state index in [1.807, 2.05) is 0 Å². The molecule has 0 saturated carbocycles. The van der Waals surface area contributed by atoms with Crippen molar-refractivity contribution in [2.24, 2.45) is 0 Å². The Morgan fingerprint density at radius 3 is 2.38 bits per heavy atom. The predicted molar refractivity (Wildman–Crippen MR) is 106 cm³/mol. The van der Waals surface area contributed by atoms with Gasteiger partial charge in [0, 0.05) is 18.7 Å². The lowest BCUT2D eigenvalue weighted by Crippen LogP contribution is -2.16. The molecule has 2 aromatic carbocycles. The van der Waals surface area contributed by atoms with Crippen LogP contribution < -0.4 is 10.0 Å². The maximum Gasteiger partial charge on any atom is 0.267 e. The number of carbonyl (C=O) groups is 1. The number of hydrogen-bond donors (Lipinski definition) is 2. The molecule has 150 valence electrons. The van der Waals surface area contributed by atoms with Gasteiger partial charge in [0.15, 0.2) is 4.90 Å². The van der Waals surface area contributed by atoms with E-state index in [4.69, 9.17) is 11.6 Å². The third kappa shape index (κ3) is 4.69. The Hall–Kier alpha value is -3.04. The van der Waals surface area contributed by atoms with Crippen molar-refractivity contribution in [3.8, 4) is 11.1 Å². The first-order chi connectivity index (χ1) is 13.7. The highest BCUT2D eigenvalue weighted by Crippen LogP contribution is 2.32. The molecule has 1 aromatic heterocycles. The van der Waals surface area contributed by atoms with Crippen molar-refractivity contribution in [1.29, 1.82) is 0 Å². The molecule has 3 rings (SSSR count). The van der Waals surface area contributed by atoms with E-state index in [0.717, 1.165) is 18.2 Å². The topological polar surface area (TPSA) is 88.2 Å². The van der Waals surface area contributed by atoms with E-state index >= 15 is 0 Å². The molecule has 0 bridgehead atoms. The summed E-state index contributed by atoms with van der Waals surface area (Å²) in [5, 5.41) is 2.62. The van der Waals surface area contributed by atoms with Crippen LogP contribution in [0.25, 0.3) is 11.1 Å². The van der Waals surface area contributed by atoms with E-state index in [9.17, 15) is 22.0 Å². The van der Waals surface area contributed by atoms with Crippen LogP contribution in [-0.4, -0.2) is 19.3 Å². The van der Waals surface area contributed by atoms with Gasteiger partial charge in [-0.1, -0.05) is 23.7 Å². The first kappa shape index (κ1) is 20.7. The first-order valence-electron chi connectivity index (χ1n) is 8.17. The van der Waals surface area contributed by atoms with Crippen molar-refractivity contribution >= 4 is 38.9 Å². The molecule has 0 aliphatic carbocycles. The Morgan fingerprint density at radius 2 is 1.72 bits per heavy atom. The van der Waals surface area contributed by atoms with Crippen LogP contribution in [0.2, 0.25) is 5.02 Å². The highest BCUT2D eigenvalue weighted by Gasteiger charge is 2.24. The molecule has 10 heteroatoms. The fourth-order valence-electron chi connectivity index (χ4n) is 2.59. The minimum absolute atomic E-state index is 0.0278. The quantitative estimate of drug-likeness (QED) is 0.617. The van der Waals surface area contributed by atoms with Gasteiger partial charge < -0.3 is 5.32 Å². The molecule has 0 atom stereocenters. The number of pyridine rings is 1. The van der Waals surface area contributed by atoms with Crippen LogP contribution in [0.4, 0.5) is 20.2 Å². The van der Waals surface area contributed by atoms with Crippen LogP contribution in [0.15, 0.2) is 59.8 Å². The second-order valence-corrected chi connectivity index (χ2v) is 8.02. The van der Waals surface area contributed by atoms with Crippen molar-refractivity contribution in [1.82, 2.24) is 4.98 Å². The van der Waals surface area contributed by atoms with Gasteiger partial charge in [-0.2, -0.15) is 0 Å². The largest absolute Gasteiger partial charge is 0.325 e. The summed E-state index contributed by atoms with van der Waals surface area (Å²) in [5.41, 5.74) is 1.45. The maximum absolute atomic E-state index is 13.9. The highest BCUT2D eigenvalue weighted by molar-refractivity contribution is 7.92. The Labute approximate surface area is 170 Å². The van der Waals surface area contributed by atoms with E-state index in [0.29, 0.717) is 16.8 Å². The zero-order valence-corrected chi connectivity index (χ0v) is 16.5. The normalized spacial score (nSPS) is 11.2. The molecule has 0 fully saturated rings. The molecule has 6 nitrogen and oxygen atoms in total. The number of anilines is 2. The summed E-state index contributed by atoms with van der Waals surface area (Å²) in [4.78, 5) is 14.1. The molecule has 2 N–H and O–H groups in total. The van der Waals surface area contributed by atoms with Gasteiger partial charge in [0.1, 0.15) is 11.6 Å². The molecule has 0 aliphatic rings. The molecule has 1 heterocycles. The molecule has 0 saturated heterocycles. The first-order valence-corrected chi connectivity index (χ1v) is 10.0. The average molecular weight is 438 g/mol. The summed E-state index contributed by atoms with van der Waals surface area (Å²) in [6.07, 6.45) is 2.95. The number of amides is 1. The number of nitrogens with one attached hydrogen (secondary N) is 2. The molecule has 0 radical (unpaired) electrons. The van der Waals surface area contributed by atoms with E-state index in [1.54, 1.807) is 12.1 Å². The van der Waals surface area contributed by atoms with Crippen LogP contribution in [0.1, 0.15) is 6.92 Å². The highest BCUT2D eigenvalue weighted by atomic mass is 35.5. The second-order valence-electron chi connectivity index (χ2n) is 5.99. The Kier molecular flexibility index (Phi) is 5.81.